The van der Waals surface area contributed by atoms with Crippen molar-refractivity contribution in [1.29, 1.82) is 0 Å². The van der Waals surface area contributed by atoms with E-state index >= 15 is 0 Å². The van der Waals surface area contributed by atoms with Crippen LogP contribution in [0, 0.1) is 5.92 Å². The Labute approximate surface area is 94.3 Å². The van der Waals surface area contributed by atoms with Crippen molar-refractivity contribution in [2.75, 3.05) is 19.8 Å². The maximum Gasteiger partial charge on any atom is 0.231 e. The first-order valence-electron chi connectivity index (χ1n) is 5.71. The molecule has 5 heteroatoms. The van der Waals surface area contributed by atoms with Crippen LogP contribution in [0.5, 0.6) is 0 Å². The molecule has 0 radical (unpaired) electrons. The highest BCUT2D eigenvalue weighted by atomic mass is 16.5. The van der Waals surface area contributed by atoms with Crippen LogP contribution in [0.15, 0.2) is 0 Å². The molecule has 3 heterocycles. The minimum absolute atomic E-state index is 0.0123. The maximum absolute atomic E-state index is 12.3. The smallest absolute Gasteiger partial charge is 0.231 e. The van der Waals surface area contributed by atoms with Gasteiger partial charge in [0.25, 0.3) is 0 Å². The van der Waals surface area contributed by atoms with Gasteiger partial charge in [-0.1, -0.05) is 0 Å². The molecule has 3 aliphatic rings. The van der Waals surface area contributed by atoms with Gasteiger partial charge in [-0.2, -0.15) is 0 Å². The van der Waals surface area contributed by atoms with Crippen molar-refractivity contribution in [1.82, 2.24) is 4.90 Å². The normalized spacial score (nSPS) is 39.7. The lowest BCUT2D eigenvalue weighted by Crippen LogP contribution is -2.58. The molecule has 90 valence electrons. The van der Waals surface area contributed by atoms with E-state index in [0.717, 1.165) is 0 Å². The van der Waals surface area contributed by atoms with E-state index in [1.807, 2.05) is 13.8 Å². The Morgan fingerprint density at radius 2 is 2.12 bits per heavy atom. The number of hydrogen-bond donors (Lipinski definition) is 1. The summed E-state index contributed by atoms with van der Waals surface area (Å²) in [5.41, 5.74) is -1.46. The molecule has 5 nitrogen and oxygen atoms in total. The molecular formula is C11H17NO4. The minimum Gasteiger partial charge on any atom is -0.384 e. The van der Waals surface area contributed by atoms with E-state index in [1.54, 1.807) is 4.90 Å². The Hall–Kier alpha value is -0.650. The molecule has 0 saturated carbocycles. The molecule has 16 heavy (non-hydrogen) atoms. The summed E-state index contributed by atoms with van der Waals surface area (Å²) >= 11 is 0. The van der Waals surface area contributed by atoms with Crippen LogP contribution in [0.25, 0.3) is 0 Å². The summed E-state index contributed by atoms with van der Waals surface area (Å²) in [4.78, 5) is 14.1. The van der Waals surface area contributed by atoms with Gasteiger partial charge < -0.3 is 19.5 Å². The number of aliphatic hydroxyl groups is 1. The Morgan fingerprint density at radius 3 is 2.62 bits per heavy atom. The highest BCUT2D eigenvalue weighted by Crippen LogP contribution is 2.43. The van der Waals surface area contributed by atoms with Gasteiger partial charge in [-0.3, -0.25) is 4.79 Å². The summed E-state index contributed by atoms with van der Waals surface area (Å²) in [5, 5.41) is 10.2. The largest absolute Gasteiger partial charge is 0.384 e. The second-order valence-corrected chi connectivity index (χ2v) is 5.50. The van der Waals surface area contributed by atoms with Crippen LogP contribution < -0.4 is 0 Å². The fourth-order valence-electron chi connectivity index (χ4n) is 3.01. The van der Waals surface area contributed by atoms with E-state index in [9.17, 15) is 9.90 Å². The van der Waals surface area contributed by atoms with Crippen LogP contribution in [0.3, 0.4) is 0 Å². The summed E-state index contributed by atoms with van der Waals surface area (Å²) in [7, 11) is 0. The standard InChI is InChI=1S/C11H17NO4/c1-10(2)12-7(4-16-10)3-8(9(12)13)11(14)5-15-6-11/h7-8,14H,3-6H2,1-2H3. The van der Waals surface area contributed by atoms with Crippen LogP contribution in [0.1, 0.15) is 20.3 Å². The predicted octanol–water partition coefficient (Wildman–Crippen LogP) is -0.269. The van der Waals surface area contributed by atoms with Crippen LogP contribution >= 0.6 is 0 Å². The lowest BCUT2D eigenvalue weighted by molar-refractivity contribution is -0.209. The van der Waals surface area contributed by atoms with Crippen molar-refractivity contribution < 1.29 is 19.4 Å². The fraction of sp³-hybridized carbons (Fsp3) is 0.909. The molecule has 3 aliphatic heterocycles. The molecule has 0 bridgehead atoms. The van der Waals surface area contributed by atoms with E-state index in [0.29, 0.717) is 13.0 Å². The zero-order valence-electron chi connectivity index (χ0n) is 9.60. The van der Waals surface area contributed by atoms with Gasteiger partial charge in [0.2, 0.25) is 5.91 Å². The van der Waals surface area contributed by atoms with E-state index in [2.05, 4.69) is 0 Å². The SMILES string of the molecule is CC1(C)OCC2CC(C3(O)COC3)C(=O)N21. The Bertz CT molecular complexity index is 337. The number of hydrogen-bond acceptors (Lipinski definition) is 4. The first-order chi connectivity index (χ1) is 7.44. The van der Waals surface area contributed by atoms with Crippen molar-refractivity contribution >= 4 is 5.91 Å². The molecule has 1 N–H and O–H groups in total. The molecular weight excluding hydrogens is 210 g/mol. The Balaban J connectivity index is 1.85. The van der Waals surface area contributed by atoms with Crippen LogP contribution in [-0.4, -0.2) is 53.1 Å². The van der Waals surface area contributed by atoms with Gasteiger partial charge in [-0.25, -0.2) is 0 Å². The molecule has 2 atom stereocenters. The molecule has 2 unspecified atom stereocenters. The molecule has 0 aromatic carbocycles. The first kappa shape index (κ1) is 10.5. The number of carbonyl (C=O) groups is 1. The zero-order chi connectivity index (χ0) is 11.6. The van der Waals surface area contributed by atoms with Crippen molar-refractivity contribution in [2.45, 2.75) is 37.6 Å². The number of rotatable bonds is 1. The molecule has 3 fully saturated rings. The van der Waals surface area contributed by atoms with Crippen molar-refractivity contribution in [3.63, 3.8) is 0 Å². The monoisotopic (exact) mass is 227 g/mol. The van der Waals surface area contributed by atoms with E-state index in [1.165, 1.54) is 0 Å². The van der Waals surface area contributed by atoms with E-state index < -0.39 is 11.3 Å². The molecule has 0 aromatic heterocycles. The van der Waals surface area contributed by atoms with Crippen LogP contribution in [0.2, 0.25) is 0 Å². The topological polar surface area (TPSA) is 59.0 Å². The average molecular weight is 227 g/mol. The number of nitrogens with zero attached hydrogens (tertiary/aromatic N) is 1. The van der Waals surface area contributed by atoms with Crippen LogP contribution in [0.4, 0.5) is 0 Å². The molecule has 1 amide bonds. The highest BCUT2D eigenvalue weighted by molar-refractivity contribution is 5.84. The van der Waals surface area contributed by atoms with Crippen molar-refractivity contribution in [3.05, 3.63) is 0 Å². The third kappa shape index (κ3) is 1.19. The number of ether oxygens (including phenoxy) is 2. The predicted molar refractivity (Wildman–Crippen MR) is 54.5 cm³/mol. The van der Waals surface area contributed by atoms with E-state index in [-0.39, 0.29) is 31.1 Å². The lowest BCUT2D eigenvalue weighted by atomic mass is 9.83. The average Bonchev–Trinajstić information content (AvgIpc) is 2.63. The maximum atomic E-state index is 12.3. The van der Waals surface area contributed by atoms with Gasteiger partial charge in [0, 0.05) is 0 Å². The second kappa shape index (κ2) is 2.97. The molecule has 0 spiro atoms. The third-order valence-electron chi connectivity index (χ3n) is 3.97. The van der Waals surface area contributed by atoms with Gasteiger partial charge in [-0.15, -0.1) is 0 Å². The number of fused-ring (bicyclic) bond motifs is 1. The molecule has 0 aromatic rings. The quantitative estimate of drug-likeness (QED) is 0.670. The highest BCUT2D eigenvalue weighted by Gasteiger charge is 2.59. The Morgan fingerprint density at radius 1 is 1.44 bits per heavy atom. The molecule has 0 aliphatic carbocycles. The first-order valence-corrected chi connectivity index (χ1v) is 5.71. The minimum atomic E-state index is -0.933. The second-order valence-electron chi connectivity index (χ2n) is 5.50. The van der Waals surface area contributed by atoms with Gasteiger partial charge >= 0.3 is 0 Å². The van der Waals surface area contributed by atoms with E-state index in [4.69, 9.17) is 9.47 Å². The van der Waals surface area contributed by atoms with Gasteiger partial charge in [-0.05, 0) is 20.3 Å². The number of carbonyl (C=O) groups excluding carboxylic acids is 1. The van der Waals surface area contributed by atoms with Crippen molar-refractivity contribution in [2.24, 2.45) is 5.92 Å². The van der Waals surface area contributed by atoms with Gasteiger partial charge in [0.15, 0.2) is 0 Å². The van der Waals surface area contributed by atoms with Crippen LogP contribution in [-0.2, 0) is 14.3 Å². The lowest BCUT2D eigenvalue weighted by Gasteiger charge is -2.41. The summed E-state index contributed by atoms with van der Waals surface area (Å²) in [6.45, 7) is 4.94. The summed E-state index contributed by atoms with van der Waals surface area (Å²) in [5.74, 6) is -0.298. The fourth-order valence-corrected chi connectivity index (χ4v) is 3.01. The Kier molecular flexibility index (Phi) is 1.95. The summed E-state index contributed by atoms with van der Waals surface area (Å²) in [6.07, 6.45) is 0.683. The summed E-state index contributed by atoms with van der Waals surface area (Å²) < 4.78 is 10.6. The van der Waals surface area contributed by atoms with Crippen molar-refractivity contribution in [3.8, 4) is 0 Å². The third-order valence-corrected chi connectivity index (χ3v) is 3.97. The van der Waals surface area contributed by atoms with Gasteiger partial charge in [0.1, 0.15) is 11.3 Å². The molecule has 3 rings (SSSR count). The van der Waals surface area contributed by atoms with Gasteiger partial charge in [0.05, 0.1) is 31.8 Å². The number of amides is 1. The molecule has 3 saturated heterocycles. The zero-order valence-corrected chi connectivity index (χ0v) is 9.60. The summed E-state index contributed by atoms with van der Waals surface area (Å²) in [6, 6.07) is 0.122.